The first kappa shape index (κ1) is 63.8. The van der Waals surface area contributed by atoms with Crippen LogP contribution in [0.4, 0.5) is 24.5 Å². The van der Waals surface area contributed by atoms with Crippen molar-refractivity contribution in [3.05, 3.63) is 106 Å². The number of benzene rings is 4. The molecule has 13 N–H and O–H groups in total. The van der Waals surface area contributed by atoms with Crippen LogP contribution in [0.15, 0.2) is 82.8 Å². The van der Waals surface area contributed by atoms with E-state index in [0.29, 0.717) is 48.2 Å². The first-order chi connectivity index (χ1) is 39.3. The van der Waals surface area contributed by atoms with Crippen LogP contribution in [0.1, 0.15) is 78.2 Å². The lowest BCUT2D eigenvalue weighted by Crippen LogP contribution is -2.48. The summed E-state index contributed by atoms with van der Waals surface area (Å²) >= 11 is 0. The summed E-state index contributed by atoms with van der Waals surface area (Å²) in [4.78, 5) is 123. The van der Waals surface area contributed by atoms with Crippen LogP contribution < -0.4 is 41.9 Å². The molecule has 0 bridgehead atoms. The molecule has 83 heavy (non-hydrogen) atoms. The second-order valence-electron chi connectivity index (χ2n) is 17.6. The Morgan fingerprint density at radius 1 is 0.578 bits per heavy atom. The fourth-order valence-electron chi connectivity index (χ4n) is 8.17. The Bertz CT molecular complexity index is 2970. The summed E-state index contributed by atoms with van der Waals surface area (Å²) < 4.78 is 66.4. The molecule has 0 saturated carbocycles. The highest BCUT2D eigenvalue weighted by Crippen LogP contribution is 2.37. The summed E-state index contributed by atoms with van der Waals surface area (Å²) in [5, 5.41) is 46.7. The predicted octanol–water partition coefficient (Wildman–Crippen LogP) is 2.69. The molecule has 2 atom stereocenters. The minimum Gasteiger partial charge on any atom is -0.489 e. The van der Waals surface area contributed by atoms with Gasteiger partial charge in [-0.05, 0) is 97.5 Å². The number of halogens is 3. The number of carboxylic acid groups (broad SMARTS) is 5. The fraction of sp³-hybridized carbons (Fsp3) is 0.327. The number of carbonyl (C=O) groups excluding carboxylic acids is 4. The summed E-state index contributed by atoms with van der Waals surface area (Å²) in [5.41, 5.74) is 23.8. The molecule has 0 aliphatic carbocycles. The Morgan fingerprint density at radius 3 is 1.28 bits per heavy atom. The van der Waals surface area contributed by atoms with Gasteiger partial charge >= 0.3 is 48.0 Å². The SMILES string of the molecule is NC(N)=Nc1ccc2c(c1)CCCOc1c(cccc1C(=O)N(CCOCCOCCN(C(=O)c1cccc3c1OCCCc1cc(N=C(N)N)ccc1C(=O)O3)C(CC(=O)O)C(=O)O)C(CC(=O)O)C(=O)O)OC2=O.O=C(O)C(F)(F)F. The normalized spacial score (nSPS) is 13.6. The quantitative estimate of drug-likeness (QED) is 0.0190. The van der Waals surface area contributed by atoms with Crippen LogP contribution in [0.2, 0.25) is 0 Å². The Labute approximate surface area is 467 Å². The molecule has 4 aromatic rings. The molecule has 2 unspecified atom stereocenters. The Balaban J connectivity index is 0.00000169. The monoisotopic (exact) mass is 1170 g/mol. The number of alkyl halides is 3. The lowest BCUT2D eigenvalue weighted by Gasteiger charge is -2.29. The molecule has 444 valence electrons. The van der Waals surface area contributed by atoms with E-state index in [-0.39, 0.29) is 96.8 Å². The van der Waals surface area contributed by atoms with Gasteiger partial charge in [0.1, 0.15) is 12.1 Å². The number of para-hydroxylation sites is 2. The molecule has 2 amide bonds. The van der Waals surface area contributed by atoms with Crippen LogP contribution in [-0.4, -0.2) is 172 Å². The van der Waals surface area contributed by atoms with E-state index >= 15 is 0 Å². The minimum atomic E-state index is -5.08. The van der Waals surface area contributed by atoms with Crippen LogP contribution in [0.3, 0.4) is 0 Å². The van der Waals surface area contributed by atoms with Gasteiger partial charge in [-0.15, -0.1) is 0 Å². The van der Waals surface area contributed by atoms with Crippen molar-refractivity contribution in [2.24, 2.45) is 32.9 Å². The number of rotatable bonds is 21. The van der Waals surface area contributed by atoms with Crippen LogP contribution >= 0.6 is 0 Å². The molecule has 2 aliphatic heterocycles. The van der Waals surface area contributed by atoms with E-state index in [1.165, 1.54) is 60.7 Å². The molecule has 4 aromatic carbocycles. The van der Waals surface area contributed by atoms with Crippen molar-refractivity contribution in [2.75, 3.05) is 52.7 Å². The van der Waals surface area contributed by atoms with Crippen molar-refractivity contribution in [2.45, 2.75) is 56.8 Å². The zero-order chi connectivity index (χ0) is 61.1. The zero-order valence-electron chi connectivity index (χ0n) is 43.6. The largest absolute Gasteiger partial charge is 0.490 e. The van der Waals surface area contributed by atoms with Gasteiger partial charge in [-0.3, -0.25) is 19.2 Å². The predicted molar refractivity (Wildman–Crippen MR) is 279 cm³/mol. The molecule has 31 heteroatoms. The standard InChI is InChI=1S/C50H54N8O18.C2HF3O2/c51-49(52)55-29-11-13-31-27(23-29)5-3-17-73-41-33(7-1-9-37(41)75-47(31)69)43(63)57(35(45(65)66)25-39(59)60)15-19-71-21-22-72-20-16-58(36(46(67)68)26-40(61)62)44(64)34-8-2-10-38-42(34)74-18-4-6-28-24-30(56-50(53)54)12-14-32(28)48(70)76-38;3-2(4,5)1(6)7/h1-2,7-14,23-24,35-36H,3-6,15-22,25-26H2,(H,59,60)(H,61,62)(H,65,66)(H,67,68)(H4,51,52,55)(H4,53,54,56);(H,6,7). The maximum absolute atomic E-state index is 14.3. The number of carboxylic acids is 5. The third kappa shape index (κ3) is 18.2. The average molecular weight is 1170 g/mol. The topological polar surface area (TPSA) is 445 Å². The molecule has 0 fully saturated rings. The van der Waals surface area contributed by atoms with E-state index in [9.17, 15) is 72.0 Å². The van der Waals surface area contributed by atoms with E-state index in [4.69, 9.17) is 61.3 Å². The number of aryl methyl sites for hydroxylation is 2. The van der Waals surface area contributed by atoms with Crippen molar-refractivity contribution in [1.82, 2.24) is 9.80 Å². The molecular formula is C52H55F3N8O20. The fourth-order valence-corrected chi connectivity index (χ4v) is 8.17. The van der Waals surface area contributed by atoms with Gasteiger partial charge in [0.2, 0.25) is 0 Å². The van der Waals surface area contributed by atoms with Gasteiger partial charge in [-0.2, -0.15) is 13.2 Å². The van der Waals surface area contributed by atoms with E-state index in [0.717, 1.165) is 9.80 Å². The van der Waals surface area contributed by atoms with E-state index in [1.807, 2.05) is 0 Å². The number of aliphatic carboxylic acids is 5. The molecule has 6 rings (SSSR count). The molecule has 28 nitrogen and oxygen atoms in total. The maximum Gasteiger partial charge on any atom is 0.490 e. The number of nitrogens with zero attached hydrogens (tertiary/aromatic N) is 4. The number of amides is 2. The third-order valence-electron chi connectivity index (χ3n) is 11.8. The van der Waals surface area contributed by atoms with Crippen molar-refractivity contribution < 1.29 is 110 Å². The summed E-state index contributed by atoms with van der Waals surface area (Å²) in [7, 11) is 0. The number of fused-ring (bicyclic) bond motifs is 4. The Hall–Kier alpha value is -10.0. The highest BCUT2D eigenvalue weighted by Gasteiger charge is 2.39. The molecule has 2 aliphatic rings. The Morgan fingerprint density at radius 2 is 0.952 bits per heavy atom. The van der Waals surface area contributed by atoms with Crippen molar-refractivity contribution in [3.8, 4) is 23.0 Å². The van der Waals surface area contributed by atoms with Gasteiger partial charge in [0.15, 0.2) is 34.9 Å². The van der Waals surface area contributed by atoms with Crippen LogP contribution in [0.5, 0.6) is 23.0 Å². The smallest absolute Gasteiger partial charge is 0.489 e. The molecule has 0 spiro atoms. The molecule has 0 radical (unpaired) electrons. The van der Waals surface area contributed by atoms with Gasteiger partial charge in [0, 0.05) is 13.1 Å². The van der Waals surface area contributed by atoms with E-state index < -0.39 is 97.8 Å². The van der Waals surface area contributed by atoms with Gasteiger partial charge in [0.05, 0.1) is 86.1 Å². The van der Waals surface area contributed by atoms with Gasteiger partial charge in [-0.25, -0.2) is 34.0 Å². The average Bonchev–Trinajstić information content (AvgIpc) is 3.34. The zero-order valence-corrected chi connectivity index (χ0v) is 43.6. The summed E-state index contributed by atoms with van der Waals surface area (Å²) in [6, 6.07) is 13.4. The van der Waals surface area contributed by atoms with E-state index in [2.05, 4.69) is 9.98 Å². The number of guanidine groups is 2. The summed E-state index contributed by atoms with van der Waals surface area (Å²) in [6.45, 7) is -2.20. The second kappa shape index (κ2) is 29.4. The summed E-state index contributed by atoms with van der Waals surface area (Å²) in [5.74, 6) is -13.9. The Kier molecular flexibility index (Phi) is 22.6. The molecular weight excluding hydrogens is 1110 g/mol. The number of ether oxygens (including phenoxy) is 6. The number of nitrogens with two attached hydrogens (primary N) is 4. The molecule has 0 aromatic heterocycles. The number of carbonyl (C=O) groups is 9. The first-order valence-corrected chi connectivity index (χ1v) is 24.6. The highest BCUT2D eigenvalue weighted by atomic mass is 19.4. The number of hydrogen-bond donors (Lipinski definition) is 9. The van der Waals surface area contributed by atoms with Crippen LogP contribution in [0, 0.1) is 0 Å². The van der Waals surface area contributed by atoms with Crippen molar-refractivity contribution in [3.63, 3.8) is 0 Å². The lowest BCUT2D eigenvalue weighted by atomic mass is 10.0. The molecule has 2 heterocycles. The van der Waals surface area contributed by atoms with Crippen LogP contribution in [0.25, 0.3) is 0 Å². The number of hydrogen-bond acceptors (Lipinski definition) is 17. The minimum absolute atomic E-state index is 0.00885. The maximum atomic E-state index is 14.3. The first-order valence-electron chi connectivity index (χ1n) is 24.6. The van der Waals surface area contributed by atoms with Crippen LogP contribution in [-0.2, 0) is 46.3 Å². The van der Waals surface area contributed by atoms with E-state index in [1.54, 1.807) is 12.1 Å². The van der Waals surface area contributed by atoms with Crippen molar-refractivity contribution in [1.29, 1.82) is 0 Å². The number of aliphatic imine (C=N–C) groups is 2. The molecule has 0 saturated heterocycles. The van der Waals surface area contributed by atoms with Gasteiger partial charge in [0.25, 0.3) is 11.8 Å². The van der Waals surface area contributed by atoms with Gasteiger partial charge < -0.3 is 86.7 Å². The summed E-state index contributed by atoms with van der Waals surface area (Å²) in [6.07, 6.45) is -5.86. The lowest BCUT2D eigenvalue weighted by molar-refractivity contribution is -0.192. The van der Waals surface area contributed by atoms with Crippen molar-refractivity contribution >= 4 is 76.9 Å². The third-order valence-corrected chi connectivity index (χ3v) is 11.8. The second-order valence-corrected chi connectivity index (χ2v) is 17.6. The number of esters is 2. The highest BCUT2D eigenvalue weighted by molar-refractivity contribution is 6.02. The van der Waals surface area contributed by atoms with Gasteiger partial charge in [-0.1, -0.05) is 12.1 Å².